The molecule has 1 saturated heterocycles. The maximum absolute atomic E-state index is 11.4. The van der Waals surface area contributed by atoms with E-state index in [0.717, 1.165) is 13.1 Å². The maximum atomic E-state index is 11.4. The van der Waals surface area contributed by atoms with E-state index < -0.39 is 18.0 Å². The topological polar surface area (TPSA) is 81.7 Å². The van der Waals surface area contributed by atoms with E-state index in [0.29, 0.717) is 6.54 Å². The summed E-state index contributed by atoms with van der Waals surface area (Å²) in [6, 6.07) is -1.000. The third kappa shape index (κ3) is 4.91. The van der Waals surface area contributed by atoms with Crippen molar-refractivity contribution in [3.63, 3.8) is 0 Å². The van der Waals surface area contributed by atoms with E-state index >= 15 is 0 Å². The minimum absolute atomic E-state index is 0.288. The van der Waals surface area contributed by atoms with Crippen molar-refractivity contribution in [1.82, 2.24) is 15.5 Å². The molecule has 0 aromatic heterocycles. The predicted octanol–water partition coefficient (Wildman–Crippen LogP) is 0.633. The molecule has 1 aliphatic rings. The van der Waals surface area contributed by atoms with Crippen LogP contribution in [0, 0.1) is 0 Å². The van der Waals surface area contributed by atoms with E-state index in [1.807, 2.05) is 0 Å². The van der Waals surface area contributed by atoms with Gasteiger partial charge in [0, 0.05) is 12.6 Å². The second-order valence-corrected chi connectivity index (χ2v) is 4.86. The predicted molar refractivity (Wildman–Crippen MR) is 68.5 cm³/mol. The molecule has 104 valence electrons. The zero-order chi connectivity index (χ0) is 13.5. The number of carbonyl (C=O) groups excluding carboxylic acids is 1. The lowest BCUT2D eigenvalue weighted by atomic mass is 10.1. The molecule has 0 aromatic rings. The van der Waals surface area contributed by atoms with Crippen molar-refractivity contribution >= 4 is 12.0 Å². The van der Waals surface area contributed by atoms with Gasteiger partial charge in [-0.1, -0.05) is 6.42 Å². The average Bonchev–Trinajstić information content (AvgIpc) is 2.36. The largest absolute Gasteiger partial charge is 0.480 e. The molecule has 6 nitrogen and oxygen atoms in total. The zero-order valence-corrected chi connectivity index (χ0v) is 11.1. The van der Waals surface area contributed by atoms with Gasteiger partial charge in [0.15, 0.2) is 0 Å². The molecule has 1 aliphatic heterocycles. The van der Waals surface area contributed by atoms with Gasteiger partial charge in [0.05, 0.1) is 0 Å². The summed E-state index contributed by atoms with van der Waals surface area (Å²) in [6.07, 6.45) is 3.71. The van der Waals surface area contributed by atoms with Crippen molar-refractivity contribution < 1.29 is 14.7 Å². The van der Waals surface area contributed by atoms with E-state index in [1.54, 1.807) is 0 Å². The Kier molecular flexibility index (Phi) is 5.91. The monoisotopic (exact) mass is 257 g/mol. The number of hydrogen-bond donors (Lipinski definition) is 3. The summed E-state index contributed by atoms with van der Waals surface area (Å²) < 4.78 is 0. The fraction of sp³-hybridized carbons (Fsp3) is 0.833. The highest BCUT2D eigenvalue weighted by atomic mass is 16.4. The molecule has 0 aromatic carbocycles. The van der Waals surface area contributed by atoms with Gasteiger partial charge in [-0.25, -0.2) is 4.79 Å². The number of rotatable bonds is 5. The number of likely N-dealkylation sites (tertiary alicyclic amines) is 1. The van der Waals surface area contributed by atoms with Gasteiger partial charge in [-0.15, -0.1) is 0 Å². The normalized spacial score (nSPS) is 19.9. The number of carboxylic acids is 1. The van der Waals surface area contributed by atoms with E-state index in [1.165, 1.54) is 26.2 Å². The van der Waals surface area contributed by atoms with Crippen LogP contribution in [0.25, 0.3) is 0 Å². The van der Waals surface area contributed by atoms with Gasteiger partial charge in [0.2, 0.25) is 0 Å². The molecule has 2 atom stereocenters. The first-order valence-corrected chi connectivity index (χ1v) is 6.52. The molecular formula is C12H23N3O3. The Morgan fingerprint density at radius 1 is 1.22 bits per heavy atom. The van der Waals surface area contributed by atoms with Crippen LogP contribution in [0.2, 0.25) is 0 Å². The van der Waals surface area contributed by atoms with Gasteiger partial charge in [0.1, 0.15) is 6.04 Å². The number of carboxylic acid groups (broad SMARTS) is 1. The van der Waals surface area contributed by atoms with Crippen LogP contribution in [0.5, 0.6) is 0 Å². The molecular weight excluding hydrogens is 234 g/mol. The van der Waals surface area contributed by atoms with Crippen molar-refractivity contribution in [1.29, 1.82) is 0 Å². The lowest BCUT2D eigenvalue weighted by Gasteiger charge is -2.32. The SMILES string of the molecule is CC(NC(=O)NCC(C)N1CCCCC1)C(=O)O. The number of amides is 2. The molecule has 0 radical (unpaired) electrons. The smallest absolute Gasteiger partial charge is 0.325 e. The van der Waals surface area contributed by atoms with Gasteiger partial charge >= 0.3 is 12.0 Å². The summed E-state index contributed by atoms with van der Waals surface area (Å²) in [5.74, 6) is -1.03. The van der Waals surface area contributed by atoms with E-state index in [4.69, 9.17) is 5.11 Å². The Labute approximate surface area is 108 Å². The minimum atomic E-state index is -1.03. The van der Waals surface area contributed by atoms with Crippen molar-refractivity contribution in [3.8, 4) is 0 Å². The number of carbonyl (C=O) groups is 2. The Morgan fingerprint density at radius 2 is 1.83 bits per heavy atom. The van der Waals surface area contributed by atoms with Crippen molar-refractivity contribution in [2.24, 2.45) is 0 Å². The Hall–Kier alpha value is -1.30. The van der Waals surface area contributed by atoms with Gasteiger partial charge < -0.3 is 15.7 Å². The first-order valence-electron chi connectivity index (χ1n) is 6.52. The highest BCUT2D eigenvalue weighted by Gasteiger charge is 2.18. The van der Waals surface area contributed by atoms with Gasteiger partial charge in [0.25, 0.3) is 0 Å². The molecule has 1 fully saturated rings. The summed E-state index contributed by atoms with van der Waals surface area (Å²) in [5.41, 5.74) is 0. The third-order valence-corrected chi connectivity index (χ3v) is 3.29. The van der Waals surface area contributed by atoms with Crippen molar-refractivity contribution in [2.75, 3.05) is 19.6 Å². The lowest BCUT2D eigenvalue weighted by Crippen LogP contribution is -2.49. The van der Waals surface area contributed by atoms with Crippen LogP contribution in [0.15, 0.2) is 0 Å². The number of nitrogens with one attached hydrogen (secondary N) is 2. The summed E-state index contributed by atoms with van der Waals surface area (Å²) in [5, 5.41) is 13.7. The molecule has 1 heterocycles. The average molecular weight is 257 g/mol. The molecule has 2 amide bonds. The van der Waals surface area contributed by atoms with Crippen LogP contribution >= 0.6 is 0 Å². The summed E-state index contributed by atoms with van der Waals surface area (Å²) in [7, 11) is 0. The highest BCUT2D eigenvalue weighted by Crippen LogP contribution is 2.11. The molecule has 2 unspecified atom stereocenters. The lowest BCUT2D eigenvalue weighted by molar-refractivity contribution is -0.138. The van der Waals surface area contributed by atoms with Crippen LogP contribution in [0.1, 0.15) is 33.1 Å². The number of urea groups is 1. The summed E-state index contributed by atoms with van der Waals surface area (Å²) >= 11 is 0. The van der Waals surface area contributed by atoms with Crippen LogP contribution in [0.3, 0.4) is 0 Å². The Morgan fingerprint density at radius 3 is 2.39 bits per heavy atom. The summed E-state index contributed by atoms with van der Waals surface area (Å²) in [6.45, 7) is 6.21. The van der Waals surface area contributed by atoms with E-state index in [-0.39, 0.29) is 6.04 Å². The summed E-state index contributed by atoms with van der Waals surface area (Å²) in [4.78, 5) is 24.4. The third-order valence-electron chi connectivity index (χ3n) is 3.29. The van der Waals surface area contributed by atoms with Crippen LogP contribution in [-0.4, -0.2) is 53.7 Å². The van der Waals surface area contributed by atoms with E-state index in [2.05, 4.69) is 22.5 Å². The molecule has 3 N–H and O–H groups in total. The molecule has 0 bridgehead atoms. The molecule has 1 rings (SSSR count). The fourth-order valence-corrected chi connectivity index (χ4v) is 2.04. The van der Waals surface area contributed by atoms with Crippen molar-refractivity contribution in [3.05, 3.63) is 0 Å². The number of nitrogens with zero attached hydrogens (tertiary/aromatic N) is 1. The number of hydrogen-bond acceptors (Lipinski definition) is 3. The number of aliphatic carboxylic acids is 1. The second kappa shape index (κ2) is 7.20. The number of piperidine rings is 1. The standard InChI is InChI=1S/C12H23N3O3/c1-9(15-6-4-3-5-7-15)8-13-12(18)14-10(2)11(16)17/h9-10H,3-8H2,1-2H3,(H,16,17)(H2,13,14,18). The van der Waals surface area contributed by atoms with Crippen molar-refractivity contribution in [2.45, 2.75) is 45.2 Å². The first kappa shape index (κ1) is 14.8. The fourth-order valence-electron chi connectivity index (χ4n) is 2.04. The molecule has 0 aliphatic carbocycles. The second-order valence-electron chi connectivity index (χ2n) is 4.86. The Balaban J connectivity index is 2.22. The van der Waals surface area contributed by atoms with Crippen LogP contribution in [0.4, 0.5) is 4.79 Å². The Bertz CT molecular complexity index is 290. The quantitative estimate of drug-likeness (QED) is 0.675. The van der Waals surface area contributed by atoms with E-state index in [9.17, 15) is 9.59 Å². The first-order chi connectivity index (χ1) is 8.50. The van der Waals surface area contributed by atoms with Gasteiger partial charge in [-0.2, -0.15) is 0 Å². The maximum Gasteiger partial charge on any atom is 0.325 e. The zero-order valence-electron chi connectivity index (χ0n) is 11.1. The molecule has 0 saturated carbocycles. The van der Waals surface area contributed by atoms with Gasteiger partial charge in [-0.3, -0.25) is 9.69 Å². The van der Waals surface area contributed by atoms with Gasteiger partial charge in [-0.05, 0) is 39.8 Å². The van der Waals surface area contributed by atoms with Crippen LogP contribution in [-0.2, 0) is 4.79 Å². The molecule has 0 spiro atoms. The molecule has 6 heteroatoms. The molecule has 18 heavy (non-hydrogen) atoms. The van der Waals surface area contributed by atoms with Crippen LogP contribution < -0.4 is 10.6 Å². The highest BCUT2D eigenvalue weighted by molar-refractivity contribution is 5.82. The minimum Gasteiger partial charge on any atom is -0.480 e.